The van der Waals surface area contributed by atoms with Gasteiger partial charge in [0, 0.05) is 23.2 Å². The second kappa shape index (κ2) is 5.46. The monoisotopic (exact) mass is 283 g/mol. The second-order valence-electron chi connectivity index (χ2n) is 3.85. The zero-order valence-corrected chi connectivity index (χ0v) is 10.5. The minimum Gasteiger partial charge on any atom is -0.376 e. The Morgan fingerprint density at radius 2 is 2.19 bits per heavy atom. The molecule has 16 heavy (non-hydrogen) atoms. The Morgan fingerprint density at radius 3 is 2.81 bits per heavy atom. The highest BCUT2D eigenvalue weighted by Crippen LogP contribution is 2.12. The first-order valence-corrected chi connectivity index (χ1v) is 6.20. The quantitative estimate of drug-likeness (QED) is 0.925. The minimum atomic E-state index is -0.0389. The van der Waals surface area contributed by atoms with Gasteiger partial charge in [-0.3, -0.25) is 4.79 Å². The average Bonchev–Trinajstić information content (AvgIpc) is 2.80. The zero-order chi connectivity index (χ0) is 11.4. The molecule has 1 atom stereocenters. The second-order valence-corrected chi connectivity index (χ2v) is 4.77. The van der Waals surface area contributed by atoms with Crippen molar-refractivity contribution < 1.29 is 9.53 Å². The molecule has 1 aliphatic heterocycles. The van der Waals surface area contributed by atoms with Crippen LogP contribution >= 0.6 is 15.9 Å². The first kappa shape index (κ1) is 11.6. The molecule has 1 fully saturated rings. The van der Waals surface area contributed by atoms with Gasteiger partial charge in [-0.25, -0.2) is 0 Å². The van der Waals surface area contributed by atoms with Gasteiger partial charge in [0.1, 0.15) is 0 Å². The minimum absolute atomic E-state index is 0.0389. The molecule has 4 heteroatoms. The molecule has 1 amide bonds. The predicted octanol–water partition coefficient (Wildman–Crippen LogP) is 2.36. The summed E-state index contributed by atoms with van der Waals surface area (Å²) in [4.78, 5) is 11.7. The van der Waals surface area contributed by atoms with Gasteiger partial charge in [0.15, 0.2) is 0 Å². The topological polar surface area (TPSA) is 38.3 Å². The highest BCUT2D eigenvalue weighted by Gasteiger charge is 2.16. The summed E-state index contributed by atoms with van der Waals surface area (Å²) in [5.41, 5.74) is 0.682. The molecule has 86 valence electrons. The van der Waals surface area contributed by atoms with E-state index in [4.69, 9.17) is 4.74 Å². The van der Waals surface area contributed by atoms with Gasteiger partial charge in [-0.05, 0) is 37.1 Å². The van der Waals surface area contributed by atoms with Crippen molar-refractivity contribution in [1.82, 2.24) is 5.32 Å². The van der Waals surface area contributed by atoms with Gasteiger partial charge in [-0.1, -0.05) is 15.9 Å². The number of benzene rings is 1. The van der Waals surface area contributed by atoms with Crippen molar-refractivity contribution in [2.45, 2.75) is 18.9 Å². The summed E-state index contributed by atoms with van der Waals surface area (Å²) >= 11 is 3.34. The van der Waals surface area contributed by atoms with Gasteiger partial charge >= 0.3 is 0 Å². The van der Waals surface area contributed by atoms with Crippen molar-refractivity contribution in [1.29, 1.82) is 0 Å². The van der Waals surface area contributed by atoms with E-state index in [2.05, 4.69) is 21.2 Å². The van der Waals surface area contributed by atoms with Gasteiger partial charge in [0.2, 0.25) is 0 Å². The van der Waals surface area contributed by atoms with Crippen LogP contribution in [0.2, 0.25) is 0 Å². The lowest BCUT2D eigenvalue weighted by Crippen LogP contribution is -2.31. The molecule has 1 aromatic carbocycles. The van der Waals surface area contributed by atoms with Gasteiger partial charge in [0.25, 0.3) is 5.91 Å². The standard InChI is InChI=1S/C12H14BrNO2/c13-10-5-3-9(4-6-10)12(15)14-8-11-2-1-7-16-11/h3-6,11H,1-2,7-8H2,(H,14,15). The van der Waals surface area contributed by atoms with Gasteiger partial charge in [-0.2, -0.15) is 0 Å². The molecular formula is C12H14BrNO2. The van der Waals surface area contributed by atoms with Crippen molar-refractivity contribution in [3.63, 3.8) is 0 Å². The molecule has 2 rings (SSSR count). The Labute approximate surface area is 103 Å². The lowest BCUT2D eigenvalue weighted by molar-refractivity contribution is 0.0858. The fourth-order valence-corrected chi connectivity index (χ4v) is 1.98. The highest BCUT2D eigenvalue weighted by molar-refractivity contribution is 9.10. The lowest BCUT2D eigenvalue weighted by atomic mass is 10.2. The van der Waals surface area contributed by atoms with Crippen LogP contribution in [0, 0.1) is 0 Å². The van der Waals surface area contributed by atoms with Gasteiger partial charge in [0.05, 0.1) is 6.10 Å². The summed E-state index contributed by atoms with van der Waals surface area (Å²) in [5.74, 6) is -0.0389. The van der Waals surface area contributed by atoms with E-state index in [0.717, 1.165) is 23.9 Å². The van der Waals surface area contributed by atoms with Crippen LogP contribution in [0.15, 0.2) is 28.7 Å². The average molecular weight is 284 g/mol. The normalized spacial score (nSPS) is 19.7. The van der Waals surface area contributed by atoms with Gasteiger partial charge < -0.3 is 10.1 Å². The molecule has 1 heterocycles. The van der Waals surface area contributed by atoms with E-state index in [9.17, 15) is 4.79 Å². The lowest BCUT2D eigenvalue weighted by Gasteiger charge is -2.10. The number of carbonyl (C=O) groups is 1. The van der Waals surface area contributed by atoms with E-state index in [-0.39, 0.29) is 12.0 Å². The fraction of sp³-hybridized carbons (Fsp3) is 0.417. The third kappa shape index (κ3) is 3.06. The van der Waals surface area contributed by atoms with E-state index in [0.29, 0.717) is 12.1 Å². The van der Waals surface area contributed by atoms with Crippen LogP contribution in [0.3, 0.4) is 0 Å². The summed E-state index contributed by atoms with van der Waals surface area (Å²) in [6.45, 7) is 1.42. The Balaban J connectivity index is 1.85. The summed E-state index contributed by atoms with van der Waals surface area (Å²) in [6, 6.07) is 7.33. The van der Waals surface area contributed by atoms with Crippen molar-refractivity contribution in [2.24, 2.45) is 0 Å². The first-order valence-electron chi connectivity index (χ1n) is 5.41. The number of carbonyl (C=O) groups excluding carboxylic acids is 1. The maximum Gasteiger partial charge on any atom is 0.251 e. The number of hydrogen-bond donors (Lipinski definition) is 1. The highest BCUT2D eigenvalue weighted by atomic mass is 79.9. The predicted molar refractivity (Wildman–Crippen MR) is 65.4 cm³/mol. The van der Waals surface area contributed by atoms with Crippen molar-refractivity contribution in [3.05, 3.63) is 34.3 Å². The molecule has 0 saturated carbocycles. The number of ether oxygens (including phenoxy) is 1. The first-order chi connectivity index (χ1) is 7.75. The molecule has 0 bridgehead atoms. The van der Waals surface area contributed by atoms with Crippen molar-refractivity contribution >= 4 is 21.8 Å². The van der Waals surface area contributed by atoms with E-state index < -0.39 is 0 Å². The molecule has 0 radical (unpaired) electrons. The summed E-state index contributed by atoms with van der Waals surface area (Å²) in [5, 5.41) is 2.88. The van der Waals surface area contributed by atoms with Crippen molar-refractivity contribution in [2.75, 3.05) is 13.2 Å². The molecular weight excluding hydrogens is 270 g/mol. The van der Waals surface area contributed by atoms with E-state index in [1.165, 1.54) is 0 Å². The number of hydrogen-bond acceptors (Lipinski definition) is 2. The van der Waals surface area contributed by atoms with Crippen LogP contribution in [0.4, 0.5) is 0 Å². The number of amides is 1. The molecule has 0 aliphatic carbocycles. The molecule has 0 spiro atoms. The summed E-state index contributed by atoms with van der Waals surface area (Å²) in [7, 11) is 0. The number of nitrogens with one attached hydrogen (secondary N) is 1. The Hall–Kier alpha value is -0.870. The molecule has 1 saturated heterocycles. The fourth-order valence-electron chi connectivity index (χ4n) is 1.72. The van der Waals surface area contributed by atoms with Crippen LogP contribution in [-0.2, 0) is 4.74 Å². The van der Waals surface area contributed by atoms with E-state index in [1.54, 1.807) is 12.1 Å². The van der Waals surface area contributed by atoms with E-state index in [1.807, 2.05) is 12.1 Å². The molecule has 1 unspecified atom stereocenters. The smallest absolute Gasteiger partial charge is 0.251 e. The molecule has 1 aromatic rings. The zero-order valence-electron chi connectivity index (χ0n) is 8.91. The van der Waals surface area contributed by atoms with Gasteiger partial charge in [-0.15, -0.1) is 0 Å². The van der Waals surface area contributed by atoms with E-state index >= 15 is 0 Å². The largest absolute Gasteiger partial charge is 0.376 e. The Morgan fingerprint density at radius 1 is 1.44 bits per heavy atom. The van der Waals surface area contributed by atoms with Crippen LogP contribution in [0.1, 0.15) is 23.2 Å². The maximum atomic E-state index is 11.7. The van der Waals surface area contributed by atoms with Crippen LogP contribution in [-0.4, -0.2) is 25.2 Å². The van der Waals surface area contributed by atoms with Crippen molar-refractivity contribution in [3.8, 4) is 0 Å². The number of halogens is 1. The molecule has 3 nitrogen and oxygen atoms in total. The summed E-state index contributed by atoms with van der Waals surface area (Å²) < 4.78 is 6.41. The number of rotatable bonds is 3. The Bertz CT molecular complexity index is 358. The van der Waals surface area contributed by atoms with Crippen LogP contribution < -0.4 is 5.32 Å². The summed E-state index contributed by atoms with van der Waals surface area (Å²) in [6.07, 6.45) is 2.33. The van der Waals surface area contributed by atoms with Crippen LogP contribution in [0.5, 0.6) is 0 Å². The third-order valence-electron chi connectivity index (χ3n) is 2.62. The van der Waals surface area contributed by atoms with Crippen LogP contribution in [0.25, 0.3) is 0 Å². The Kier molecular flexibility index (Phi) is 3.96. The molecule has 0 aromatic heterocycles. The SMILES string of the molecule is O=C(NCC1CCCO1)c1ccc(Br)cc1. The molecule has 1 aliphatic rings. The molecule has 1 N–H and O–H groups in total. The third-order valence-corrected chi connectivity index (χ3v) is 3.15. The maximum absolute atomic E-state index is 11.7.